The molecule has 0 radical (unpaired) electrons. The Kier molecular flexibility index (Phi) is 8.93. The van der Waals surface area contributed by atoms with E-state index in [0.717, 1.165) is 11.3 Å². The largest absolute Gasteiger partial charge is 0.351 e. The molecule has 0 spiro atoms. The molecule has 2 atom stereocenters. The van der Waals surface area contributed by atoms with Crippen molar-refractivity contribution in [3.63, 3.8) is 0 Å². The first-order valence-electron chi connectivity index (χ1n) is 8.49. The highest BCUT2D eigenvalue weighted by atomic mass is 35.5. The monoisotopic (exact) mass is 390 g/mol. The maximum Gasteiger partial charge on any atom is 0.240 e. The minimum Gasteiger partial charge on any atom is -0.351 e. The summed E-state index contributed by atoms with van der Waals surface area (Å²) in [5.41, 5.74) is -0.679. The third-order valence-corrected chi connectivity index (χ3v) is 5.53. The van der Waals surface area contributed by atoms with Crippen LogP contribution in [0.1, 0.15) is 53.9 Å². The van der Waals surface area contributed by atoms with Crippen LogP contribution in [0.5, 0.6) is 0 Å². The molecule has 1 aromatic rings. The van der Waals surface area contributed by atoms with E-state index in [1.54, 1.807) is 6.07 Å². The number of benzene rings is 1. The Morgan fingerprint density at radius 1 is 1.17 bits per heavy atom. The molecular weight excluding hydrogens is 363 g/mol. The molecule has 3 nitrogen and oxygen atoms in total. The van der Waals surface area contributed by atoms with Crippen molar-refractivity contribution < 1.29 is 4.79 Å². The van der Waals surface area contributed by atoms with Crippen molar-refractivity contribution in [1.29, 1.82) is 0 Å². The predicted molar refractivity (Wildman–Crippen MR) is 106 cm³/mol. The number of hydrogen-bond donors (Lipinski definition) is 2. The fraction of sp³-hybridized carbons (Fsp3) is 0.611. The molecule has 2 rings (SSSR count). The average Bonchev–Trinajstić information content (AvgIpc) is 2.92. The van der Waals surface area contributed by atoms with Crippen LogP contribution in [0.3, 0.4) is 0 Å². The van der Waals surface area contributed by atoms with E-state index < -0.39 is 5.54 Å². The van der Waals surface area contributed by atoms with E-state index in [-0.39, 0.29) is 5.91 Å². The summed E-state index contributed by atoms with van der Waals surface area (Å²) >= 11 is 13.3. The molecule has 1 amide bonds. The first-order valence-corrected chi connectivity index (χ1v) is 10.1. The van der Waals surface area contributed by atoms with Crippen molar-refractivity contribution in [1.82, 2.24) is 10.0 Å². The van der Waals surface area contributed by atoms with Crippen molar-refractivity contribution in [2.45, 2.75) is 70.4 Å². The Labute approximate surface area is 160 Å². The highest BCUT2D eigenvalue weighted by molar-refractivity contribution is 7.97. The summed E-state index contributed by atoms with van der Waals surface area (Å²) < 4.78 is 3.21. The molecule has 24 heavy (non-hydrogen) atoms. The van der Waals surface area contributed by atoms with Crippen molar-refractivity contribution in [3.8, 4) is 0 Å². The number of rotatable bonds is 5. The van der Waals surface area contributed by atoms with Gasteiger partial charge in [-0.05, 0) is 62.8 Å². The fourth-order valence-corrected chi connectivity index (χ4v) is 4.02. The molecule has 2 unspecified atom stereocenters. The lowest BCUT2D eigenvalue weighted by Gasteiger charge is -2.28. The van der Waals surface area contributed by atoms with Gasteiger partial charge in [-0.2, -0.15) is 0 Å². The normalized spacial score (nSPS) is 20.3. The van der Waals surface area contributed by atoms with E-state index in [0.29, 0.717) is 22.0 Å². The second-order valence-electron chi connectivity index (χ2n) is 6.42. The quantitative estimate of drug-likeness (QED) is 0.633. The van der Waals surface area contributed by atoms with Gasteiger partial charge in [0.25, 0.3) is 0 Å². The fourth-order valence-electron chi connectivity index (χ4n) is 2.53. The van der Waals surface area contributed by atoms with Gasteiger partial charge in [-0.1, -0.05) is 50.4 Å². The minimum atomic E-state index is -0.679. The lowest BCUT2D eigenvalue weighted by atomic mass is 10.0. The van der Waals surface area contributed by atoms with Gasteiger partial charge in [-0.3, -0.25) is 4.79 Å². The Hall–Kier alpha value is -0.420. The number of carbonyl (C=O) groups is 1. The molecule has 0 saturated heterocycles. The van der Waals surface area contributed by atoms with Gasteiger partial charge in [0.05, 0.1) is 0 Å². The van der Waals surface area contributed by atoms with Crippen LogP contribution >= 0.6 is 35.1 Å². The molecule has 1 fully saturated rings. The van der Waals surface area contributed by atoms with Crippen molar-refractivity contribution in [2.75, 3.05) is 0 Å². The van der Waals surface area contributed by atoms with E-state index in [9.17, 15) is 4.79 Å². The second-order valence-corrected chi connectivity index (χ2v) is 8.17. The van der Waals surface area contributed by atoms with Crippen LogP contribution < -0.4 is 10.0 Å². The molecule has 0 bridgehead atoms. The van der Waals surface area contributed by atoms with Gasteiger partial charge in [-0.25, -0.2) is 4.72 Å². The van der Waals surface area contributed by atoms with Crippen molar-refractivity contribution in [3.05, 3.63) is 28.2 Å². The zero-order chi connectivity index (χ0) is 18.3. The third kappa shape index (κ3) is 6.47. The van der Waals surface area contributed by atoms with Crippen LogP contribution in [0.15, 0.2) is 23.1 Å². The summed E-state index contributed by atoms with van der Waals surface area (Å²) in [6.07, 6.45) is 3.45. The molecule has 2 N–H and O–H groups in total. The molecule has 0 aromatic heterocycles. The molecule has 0 heterocycles. The van der Waals surface area contributed by atoms with Crippen LogP contribution in [0, 0.1) is 5.92 Å². The first-order chi connectivity index (χ1) is 11.3. The van der Waals surface area contributed by atoms with E-state index in [1.165, 1.54) is 24.8 Å². The van der Waals surface area contributed by atoms with Gasteiger partial charge < -0.3 is 5.32 Å². The highest BCUT2D eigenvalue weighted by Gasteiger charge is 2.32. The number of carbonyl (C=O) groups excluding carboxylic acids is 1. The zero-order valence-electron chi connectivity index (χ0n) is 15.1. The summed E-state index contributed by atoms with van der Waals surface area (Å²) in [4.78, 5) is 13.4. The Morgan fingerprint density at radius 2 is 1.75 bits per heavy atom. The summed E-state index contributed by atoms with van der Waals surface area (Å²) in [5.74, 6) is 0.575. The topological polar surface area (TPSA) is 41.1 Å². The average molecular weight is 391 g/mol. The predicted octanol–water partition coefficient (Wildman–Crippen LogP) is 5.70. The lowest BCUT2D eigenvalue weighted by molar-refractivity contribution is -0.126. The SMILES string of the molecule is CC.CC1CCCC1NC(=O)C(C)(C)NSc1cc(Cl)cc(Cl)c1. The lowest BCUT2D eigenvalue weighted by Crippen LogP contribution is -2.53. The van der Waals surface area contributed by atoms with Gasteiger partial charge in [0, 0.05) is 21.0 Å². The third-order valence-electron chi connectivity index (χ3n) is 4.01. The molecule has 0 aliphatic heterocycles. The molecule has 1 aliphatic carbocycles. The molecule has 1 saturated carbocycles. The van der Waals surface area contributed by atoms with E-state index in [1.807, 2.05) is 39.8 Å². The Morgan fingerprint density at radius 3 is 2.25 bits per heavy atom. The van der Waals surface area contributed by atoms with Gasteiger partial charge in [0.2, 0.25) is 5.91 Å². The van der Waals surface area contributed by atoms with Gasteiger partial charge >= 0.3 is 0 Å². The maximum atomic E-state index is 12.5. The van der Waals surface area contributed by atoms with Gasteiger partial charge in [0.15, 0.2) is 0 Å². The standard InChI is InChI=1S/C16H22Cl2N2OS.C2H6/c1-10-5-4-6-14(10)19-15(21)16(2,3)20-22-13-8-11(17)7-12(18)9-13;1-2/h7-10,14,20H,4-6H2,1-3H3,(H,19,21);1-2H3. The summed E-state index contributed by atoms with van der Waals surface area (Å²) in [7, 11) is 0. The van der Waals surface area contributed by atoms with E-state index in [4.69, 9.17) is 23.2 Å². The minimum absolute atomic E-state index is 0.0203. The first kappa shape index (κ1) is 21.6. The van der Waals surface area contributed by atoms with Crippen LogP contribution in [-0.4, -0.2) is 17.5 Å². The molecule has 1 aliphatic rings. The summed E-state index contributed by atoms with van der Waals surface area (Å²) in [6.45, 7) is 9.95. The van der Waals surface area contributed by atoms with Crippen LogP contribution in [-0.2, 0) is 4.79 Å². The van der Waals surface area contributed by atoms with E-state index >= 15 is 0 Å². The van der Waals surface area contributed by atoms with Crippen molar-refractivity contribution >= 4 is 41.1 Å². The molecule has 136 valence electrons. The summed E-state index contributed by atoms with van der Waals surface area (Å²) in [6, 6.07) is 5.61. The van der Waals surface area contributed by atoms with Crippen LogP contribution in [0.2, 0.25) is 10.0 Å². The van der Waals surface area contributed by atoms with Gasteiger partial charge in [0.1, 0.15) is 5.54 Å². The Balaban J connectivity index is 0.00000139. The maximum absolute atomic E-state index is 12.5. The number of hydrogen-bond acceptors (Lipinski definition) is 3. The molecule has 1 aromatic carbocycles. The van der Waals surface area contributed by atoms with Crippen molar-refractivity contribution in [2.24, 2.45) is 5.92 Å². The Bertz CT molecular complexity index is 532. The zero-order valence-corrected chi connectivity index (χ0v) is 17.4. The van der Waals surface area contributed by atoms with Gasteiger partial charge in [-0.15, -0.1) is 0 Å². The van der Waals surface area contributed by atoms with E-state index in [2.05, 4.69) is 17.0 Å². The number of halogens is 2. The molecular formula is C18H28Cl2N2OS. The van der Waals surface area contributed by atoms with Crippen LogP contribution in [0.25, 0.3) is 0 Å². The highest BCUT2D eigenvalue weighted by Crippen LogP contribution is 2.28. The molecule has 6 heteroatoms. The second kappa shape index (κ2) is 9.91. The summed E-state index contributed by atoms with van der Waals surface area (Å²) in [5, 5.41) is 4.33. The number of amides is 1. The van der Waals surface area contributed by atoms with Crippen LogP contribution in [0.4, 0.5) is 0 Å². The number of nitrogens with one attached hydrogen (secondary N) is 2. The smallest absolute Gasteiger partial charge is 0.240 e.